The summed E-state index contributed by atoms with van der Waals surface area (Å²) in [6.07, 6.45) is 4.83. The first kappa shape index (κ1) is 14.4. The number of amides is 1. The van der Waals surface area contributed by atoms with E-state index in [1.807, 2.05) is 18.6 Å². The van der Waals surface area contributed by atoms with Crippen molar-refractivity contribution in [2.45, 2.75) is 25.6 Å². The van der Waals surface area contributed by atoms with Crippen LogP contribution in [0.1, 0.15) is 45.3 Å². The number of hydrogen-bond donors (Lipinski definition) is 2. The van der Waals surface area contributed by atoms with Crippen molar-refractivity contribution in [3.63, 3.8) is 0 Å². The van der Waals surface area contributed by atoms with Crippen LogP contribution in [0.2, 0.25) is 0 Å². The first-order valence-corrected chi connectivity index (χ1v) is 7.69. The SMILES string of the molecule is NC(=O)c1ncc(-c2ccc3c(c2)CCC3O)c2c1[CH]COC2. The van der Waals surface area contributed by atoms with E-state index in [9.17, 15) is 9.90 Å². The second kappa shape index (κ2) is 5.44. The van der Waals surface area contributed by atoms with E-state index >= 15 is 0 Å². The molecule has 1 amide bonds. The minimum Gasteiger partial charge on any atom is -0.388 e. The number of pyridine rings is 1. The molecule has 2 heterocycles. The molecule has 0 saturated heterocycles. The van der Waals surface area contributed by atoms with Gasteiger partial charge >= 0.3 is 0 Å². The lowest BCUT2D eigenvalue weighted by Crippen LogP contribution is -2.21. The number of aliphatic hydroxyl groups is 1. The van der Waals surface area contributed by atoms with Gasteiger partial charge in [-0.15, -0.1) is 0 Å². The van der Waals surface area contributed by atoms with Crippen LogP contribution in [-0.2, 0) is 17.8 Å². The van der Waals surface area contributed by atoms with Crippen LogP contribution in [0.3, 0.4) is 0 Å². The van der Waals surface area contributed by atoms with Gasteiger partial charge in [-0.05, 0) is 40.7 Å². The third-order valence-electron chi connectivity index (χ3n) is 4.61. The average molecular weight is 309 g/mol. The van der Waals surface area contributed by atoms with Crippen molar-refractivity contribution in [2.75, 3.05) is 6.61 Å². The van der Waals surface area contributed by atoms with E-state index < -0.39 is 5.91 Å². The number of aryl methyl sites for hydroxylation is 1. The summed E-state index contributed by atoms with van der Waals surface area (Å²) in [5.74, 6) is -0.525. The van der Waals surface area contributed by atoms with Crippen LogP contribution >= 0.6 is 0 Å². The molecule has 0 saturated carbocycles. The largest absolute Gasteiger partial charge is 0.388 e. The summed E-state index contributed by atoms with van der Waals surface area (Å²) < 4.78 is 5.53. The molecular formula is C18H17N2O3. The first-order chi connectivity index (χ1) is 11.1. The fraction of sp³-hybridized carbons (Fsp3) is 0.278. The van der Waals surface area contributed by atoms with Gasteiger partial charge in [0.2, 0.25) is 0 Å². The fourth-order valence-corrected chi connectivity index (χ4v) is 3.45. The molecule has 23 heavy (non-hydrogen) atoms. The summed E-state index contributed by atoms with van der Waals surface area (Å²) in [6, 6.07) is 6.06. The molecule has 0 fully saturated rings. The Morgan fingerprint density at radius 2 is 2.26 bits per heavy atom. The molecular weight excluding hydrogens is 292 g/mol. The summed E-state index contributed by atoms with van der Waals surface area (Å²) in [5.41, 5.74) is 11.6. The van der Waals surface area contributed by atoms with Crippen LogP contribution < -0.4 is 5.73 Å². The lowest BCUT2D eigenvalue weighted by molar-refractivity contribution is 0.0991. The molecule has 0 spiro atoms. The zero-order chi connectivity index (χ0) is 16.0. The Kier molecular flexibility index (Phi) is 3.39. The molecule has 4 rings (SSSR count). The van der Waals surface area contributed by atoms with Crippen molar-refractivity contribution in [1.82, 2.24) is 4.98 Å². The monoisotopic (exact) mass is 309 g/mol. The lowest BCUT2D eigenvalue weighted by Gasteiger charge is -2.21. The highest BCUT2D eigenvalue weighted by Gasteiger charge is 2.24. The number of fused-ring (bicyclic) bond motifs is 2. The number of primary amides is 1. The van der Waals surface area contributed by atoms with Crippen LogP contribution in [0.15, 0.2) is 24.4 Å². The highest BCUT2D eigenvalue weighted by molar-refractivity contribution is 5.94. The Morgan fingerprint density at radius 1 is 1.39 bits per heavy atom. The summed E-state index contributed by atoms with van der Waals surface area (Å²) >= 11 is 0. The summed E-state index contributed by atoms with van der Waals surface area (Å²) in [7, 11) is 0. The molecule has 3 N–H and O–H groups in total. The lowest BCUT2D eigenvalue weighted by atomic mass is 9.92. The quantitative estimate of drug-likeness (QED) is 0.887. The Morgan fingerprint density at radius 3 is 3.09 bits per heavy atom. The number of benzene rings is 1. The second-order valence-corrected chi connectivity index (χ2v) is 5.96. The summed E-state index contributed by atoms with van der Waals surface area (Å²) in [6.45, 7) is 0.887. The van der Waals surface area contributed by atoms with Gasteiger partial charge < -0.3 is 15.6 Å². The molecule has 0 bridgehead atoms. The van der Waals surface area contributed by atoms with E-state index in [2.05, 4.69) is 11.1 Å². The van der Waals surface area contributed by atoms with Crippen molar-refractivity contribution in [3.8, 4) is 11.1 Å². The van der Waals surface area contributed by atoms with Crippen LogP contribution in [-0.4, -0.2) is 22.6 Å². The van der Waals surface area contributed by atoms with Crippen molar-refractivity contribution < 1.29 is 14.6 Å². The van der Waals surface area contributed by atoms with Crippen molar-refractivity contribution in [2.24, 2.45) is 5.73 Å². The van der Waals surface area contributed by atoms with E-state index in [0.29, 0.717) is 18.9 Å². The summed E-state index contributed by atoms with van der Waals surface area (Å²) in [5, 5.41) is 9.94. The van der Waals surface area contributed by atoms with Gasteiger partial charge in [-0.1, -0.05) is 18.2 Å². The standard InChI is InChI=1S/C18H17N2O3/c19-18(22)17-13-5-6-23-9-15(13)14(8-20-17)11-1-3-12-10(7-11)2-4-16(12)21/h1,3,5,7-8,16,21H,2,4,6,9H2,(H2,19,22). The van der Waals surface area contributed by atoms with Crippen molar-refractivity contribution >= 4 is 5.91 Å². The third kappa shape index (κ3) is 2.33. The van der Waals surface area contributed by atoms with Gasteiger partial charge in [0.25, 0.3) is 5.91 Å². The number of hydrogen-bond acceptors (Lipinski definition) is 4. The van der Waals surface area contributed by atoms with Gasteiger partial charge in [0.15, 0.2) is 0 Å². The Bertz CT molecular complexity index is 801. The maximum atomic E-state index is 11.6. The maximum absolute atomic E-state index is 11.6. The van der Waals surface area contributed by atoms with Crippen LogP contribution in [0.4, 0.5) is 0 Å². The number of rotatable bonds is 2. The topological polar surface area (TPSA) is 85.4 Å². The van der Waals surface area contributed by atoms with E-state index in [-0.39, 0.29) is 6.10 Å². The van der Waals surface area contributed by atoms with Gasteiger partial charge in [0.1, 0.15) is 5.69 Å². The molecule has 2 aliphatic rings. The Balaban J connectivity index is 1.85. The zero-order valence-electron chi connectivity index (χ0n) is 12.6. The molecule has 1 unspecified atom stereocenters. The molecule has 1 aromatic carbocycles. The maximum Gasteiger partial charge on any atom is 0.267 e. The predicted molar refractivity (Wildman–Crippen MR) is 84.5 cm³/mol. The number of aromatic nitrogens is 1. The van der Waals surface area contributed by atoms with Gasteiger partial charge in [-0.25, -0.2) is 0 Å². The number of ether oxygens (including phenoxy) is 1. The number of nitrogens with zero attached hydrogens (tertiary/aromatic N) is 1. The molecule has 5 heteroatoms. The molecule has 1 aliphatic heterocycles. The van der Waals surface area contributed by atoms with Gasteiger partial charge in [-0.2, -0.15) is 0 Å². The third-order valence-corrected chi connectivity index (χ3v) is 4.61. The van der Waals surface area contributed by atoms with Gasteiger partial charge in [0.05, 0.1) is 19.3 Å². The minimum atomic E-state index is -0.525. The minimum absolute atomic E-state index is 0.295. The first-order valence-electron chi connectivity index (χ1n) is 7.69. The van der Waals surface area contributed by atoms with Gasteiger partial charge in [0, 0.05) is 18.2 Å². The average Bonchev–Trinajstić information content (AvgIpc) is 2.94. The van der Waals surface area contributed by atoms with Crippen LogP contribution in [0.25, 0.3) is 11.1 Å². The predicted octanol–water partition coefficient (Wildman–Crippen LogP) is 1.91. The normalized spacial score (nSPS) is 19.3. The van der Waals surface area contributed by atoms with Crippen molar-refractivity contribution in [3.05, 3.63) is 58.8 Å². The summed E-state index contributed by atoms with van der Waals surface area (Å²) in [4.78, 5) is 15.8. The Labute approximate surface area is 134 Å². The number of aliphatic hydroxyl groups excluding tert-OH is 1. The number of nitrogens with two attached hydrogens (primary N) is 1. The number of carbonyl (C=O) groups excluding carboxylic acids is 1. The zero-order valence-corrected chi connectivity index (χ0v) is 12.6. The highest BCUT2D eigenvalue weighted by Crippen LogP contribution is 2.36. The van der Waals surface area contributed by atoms with E-state index in [1.165, 1.54) is 5.56 Å². The molecule has 117 valence electrons. The smallest absolute Gasteiger partial charge is 0.267 e. The molecule has 1 radical (unpaired) electrons. The van der Waals surface area contributed by atoms with Crippen molar-refractivity contribution in [1.29, 1.82) is 0 Å². The Hall–Kier alpha value is -2.24. The van der Waals surface area contributed by atoms with E-state index in [1.54, 1.807) is 6.20 Å². The molecule has 1 aromatic heterocycles. The molecule has 2 aromatic rings. The van der Waals surface area contributed by atoms with Crippen LogP contribution in [0, 0.1) is 6.42 Å². The second-order valence-electron chi connectivity index (χ2n) is 5.96. The van der Waals surface area contributed by atoms with E-state index in [0.717, 1.165) is 40.7 Å². The fourth-order valence-electron chi connectivity index (χ4n) is 3.45. The highest BCUT2D eigenvalue weighted by atomic mass is 16.5. The molecule has 5 nitrogen and oxygen atoms in total. The van der Waals surface area contributed by atoms with E-state index in [4.69, 9.17) is 10.5 Å². The molecule has 1 atom stereocenters. The van der Waals surface area contributed by atoms with Gasteiger partial charge in [-0.3, -0.25) is 9.78 Å². The number of carbonyl (C=O) groups is 1. The molecule has 1 aliphatic carbocycles. The van der Waals surface area contributed by atoms with Crippen LogP contribution in [0.5, 0.6) is 0 Å².